The molecule has 0 radical (unpaired) electrons. The first kappa shape index (κ1) is 18.7. The molecule has 0 heterocycles. The van der Waals surface area contributed by atoms with Crippen LogP contribution in [0.2, 0.25) is 0 Å². The molecular weight excluding hydrogens is 304 g/mol. The van der Waals surface area contributed by atoms with E-state index in [0.29, 0.717) is 18.0 Å². The summed E-state index contributed by atoms with van der Waals surface area (Å²) >= 11 is 0. The van der Waals surface area contributed by atoms with E-state index < -0.39 is 10.0 Å². The van der Waals surface area contributed by atoms with Crippen molar-refractivity contribution >= 4 is 10.0 Å². The van der Waals surface area contributed by atoms with E-state index in [4.69, 9.17) is 9.47 Å². The van der Waals surface area contributed by atoms with Crippen LogP contribution >= 0.6 is 0 Å². The molecule has 22 heavy (non-hydrogen) atoms. The van der Waals surface area contributed by atoms with Crippen LogP contribution in [0.4, 0.5) is 0 Å². The van der Waals surface area contributed by atoms with Gasteiger partial charge in [-0.1, -0.05) is 13.8 Å². The van der Waals surface area contributed by atoms with Crippen LogP contribution in [0.3, 0.4) is 0 Å². The zero-order chi connectivity index (χ0) is 17.0. The molecule has 0 saturated carbocycles. The number of hydrogen-bond acceptors (Lipinski definition) is 4. The number of methoxy groups -OCH3 is 2. The molecule has 0 aliphatic heterocycles. The van der Waals surface area contributed by atoms with E-state index >= 15 is 0 Å². The standard InChI is InChI=1S/C15H26N2O4S/c1-15(2,11-17(3)4)10-16-22(18,19)12-7-8-13(20-5)14(9-12)21-6/h7-9,16H,10-11H2,1-6H3/p+1. The van der Waals surface area contributed by atoms with Crippen LogP contribution in [0.25, 0.3) is 0 Å². The smallest absolute Gasteiger partial charge is 0.240 e. The van der Waals surface area contributed by atoms with Gasteiger partial charge in [-0.2, -0.15) is 0 Å². The van der Waals surface area contributed by atoms with E-state index in [2.05, 4.69) is 4.72 Å². The Bertz CT molecular complexity index is 598. The SMILES string of the molecule is COc1ccc(S(=O)(=O)NCC(C)(C)C[NH+](C)C)cc1OC. The van der Waals surface area contributed by atoms with Gasteiger partial charge in [0, 0.05) is 18.0 Å². The van der Waals surface area contributed by atoms with Crippen molar-refractivity contribution in [1.82, 2.24) is 4.72 Å². The predicted molar refractivity (Wildman–Crippen MR) is 86.2 cm³/mol. The molecule has 0 spiro atoms. The number of quaternary nitrogens is 1. The molecule has 1 rings (SSSR count). The number of ether oxygens (including phenoxy) is 2. The molecule has 2 N–H and O–H groups in total. The number of rotatable bonds is 8. The van der Waals surface area contributed by atoms with E-state index in [9.17, 15) is 8.42 Å². The zero-order valence-corrected chi connectivity index (χ0v) is 15.0. The summed E-state index contributed by atoms with van der Waals surface area (Å²) < 4.78 is 37.8. The van der Waals surface area contributed by atoms with Gasteiger partial charge >= 0.3 is 0 Å². The Balaban J connectivity index is 2.91. The highest BCUT2D eigenvalue weighted by atomic mass is 32.2. The van der Waals surface area contributed by atoms with Crippen molar-refractivity contribution in [1.29, 1.82) is 0 Å². The Hall–Kier alpha value is -1.31. The summed E-state index contributed by atoms with van der Waals surface area (Å²) in [7, 11) is 3.50. The maximum absolute atomic E-state index is 12.4. The molecule has 0 atom stereocenters. The first-order valence-corrected chi connectivity index (χ1v) is 8.60. The molecule has 0 bridgehead atoms. The maximum atomic E-state index is 12.4. The molecular formula is C15H27N2O4S+. The topological polar surface area (TPSA) is 69.1 Å². The van der Waals surface area contributed by atoms with Crippen molar-refractivity contribution in [2.75, 3.05) is 41.4 Å². The van der Waals surface area contributed by atoms with Crippen LogP contribution < -0.4 is 19.1 Å². The lowest BCUT2D eigenvalue weighted by molar-refractivity contribution is -0.865. The number of nitrogens with one attached hydrogen (secondary N) is 2. The van der Waals surface area contributed by atoms with Gasteiger partial charge in [0.15, 0.2) is 11.5 Å². The summed E-state index contributed by atoms with van der Waals surface area (Å²) in [5, 5.41) is 0. The minimum atomic E-state index is -3.58. The average molecular weight is 331 g/mol. The Morgan fingerprint density at radius 3 is 2.23 bits per heavy atom. The summed E-state index contributed by atoms with van der Waals surface area (Å²) in [5.41, 5.74) is -0.136. The lowest BCUT2D eigenvalue weighted by atomic mass is 9.93. The van der Waals surface area contributed by atoms with Gasteiger partial charge in [0.2, 0.25) is 10.0 Å². The summed E-state index contributed by atoms with van der Waals surface area (Å²) in [6, 6.07) is 4.56. The molecule has 0 aliphatic carbocycles. The summed E-state index contributed by atoms with van der Waals surface area (Å²) in [5.74, 6) is 0.889. The molecule has 1 aromatic carbocycles. The van der Waals surface area contributed by atoms with Crippen molar-refractivity contribution in [2.24, 2.45) is 5.41 Å². The van der Waals surface area contributed by atoms with Crippen molar-refractivity contribution in [3.05, 3.63) is 18.2 Å². The fourth-order valence-corrected chi connectivity index (χ4v) is 3.63. The zero-order valence-electron chi connectivity index (χ0n) is 14.2. The third kappa shape index (κ3) is 5.15. The third-order valence-corrected chi connectivity index (χ3v) is 4.64. The third-order valence-electron chi connectivity index (χ3n) is 3.24. The quantitative estimate of drug-likeness (QED) is 0.712. The van der Waals surface area contributed by atoms with Crippen LogP contribution in [0.15, 0.2) is 23.1 Å². The van der Waals surface area contributed by atoms with E-state index in [1.165, 1.54) is 31.3 Å². The van der Waals surface area contributed by atoms with Crippen LogP contribution in [-0.2, 0) is 10.0 Å². The van der Waals surface area contributed by atoms with Gasteiger partial charge in [-0.15, -0.1) is 0 Å². The maximum Gasteiger partial charge on any atom is 0.240 e. The van der Waals surface area contributed by atoms with Gasteiger partial charge in [0.05, 0.1) is 39.8 Å². The van der Waals surface area contributed by atoms with E-state index in [0.717, 1.165) is 6.54 Å². The van der Waals surface area contributed by atoms with E-state index in [1.807, 2.05) is 27.9 Å². The molecule has 0 aromatic heterocycles. The molecule has 6 nitrogen and oxygen atoms in total. The Labute approximate surface area is 133 Å². The molecule has 1 aromatic rings. The van der Waals surface area contributed by atoms with Crippen LogP contribution in [-0.4, -0.2) is 49.8 Å². The molecule has 0 unspecified atom stereocenters. The fraction of sp³-hybridized carbons (Fsp3) is 0.600. The Morgan fingerprint density at radius 2 is 1.73 bits per heavy atom. The predicted octanol–water partition coefficient (Wildman–Crippen LogP) is 0.153. The molecule has 0 amide bonds. The van der Waals surface area contributed by atoms with Crippen molar-refractivity contribution in [3.63, 3.8) is 0 Å². The fourth-order valence-electron chi connectivity index (χ4n) is 2.38. The van der Waals surface area contributed by atoms with Gasteiger partial charge < -0.3 is 14.4 Å². The minimum Gasteiger partial charge on any atom is -0.493 e. The van der Waals surface area contributed by atoms with Crippen LogP contribution in [0.5, 0.6) is 11.5 Å². The van der Waals surface area contributed by atoms with Crippen LogP contribution in [0, 0.1) is 5.41 Å². The summed E-state index contributed by atoms with van der Waals surface area (Å²) in [6.07, 6.45) is 0. The first-order chi connectivity index (χ1) is 10.1. The monoisotopic (exact) mass is 331 g/mol. The van der Waals surface area contributed by atoms with Gasteiger partial charge in [-0.05, 0) is 12.1 Å². The average Bonchev–Trinajstić information content (AvgIpc) is 2.43. The van der Waals surface area contributed by atoms with Gasteiger partial charge in [0.1, 0.15) is 0 Å². The highest BCUT2D eigenvalue weighted by molar-refractivity contribution is 7.89. The number of sulfonamides is 1. The lowest BCUT2D eigenvalue weighted by Crippen LogP contribution is -3.07. The Kier molecular flexibility index (Phi) is 6.22. The second-order valence-corrected chi connectivity index (χ2v) is 8.16. The van der Waals surface area contributed by atoms with Gasteiger partial charge in [0.25, 0.3) is 0 Å². The summed E-state index contributed by atoms with van der Waals surface area (Å²) in [4.78, 5) is 1.44. The summed E-state index contributed by atoms with van der Waals surface area (Å²) in [6.45, 7) is 5.31. The van der Waals surface area contributed by atoms with E-state index in [1.54, 1.807) is 6.07 Å². The molecule has 0 saturated heterocycles. The second-order valence-electron chi connectivity index (χ2n) is 6.39. The van der Waals surface area contributed by atoms with Gasteiger partial charge in [-0.25, -0.2) is 13.1 Å². The largest absolute Gasteiger partial charge is 0.493 e. The highest BCUT2D eigenvalue weighted by Crippen LogP contribution is 2.29. The Morgan fingerprint density at radius 1 is 1.14 bits per heavy atom. The first-order valence-electron chi connectivity index (χ1n) is 7.12. The molecule has 0 aliphatic rings. The molecule has 0 fully saturated rings. The van der Waals surface area contributed by atoms with E-state index in [-0.39, 0.29) is 10.3 Å². The number of hydrogen-bond donors (Lipinski definition) is 2. The van der Waals surface area contributed by atoms with Crippen molar-refractivity contribution in [2.45, 2.75) is 18.7 Å². The molecule has 7 heteroatoms. The second kappa shape index (κ2) is 7.30. The molecule has 126 valence electrons. The minimum absolute atomic E-state index is 0.136. The normalized spacial score (nSPS) is 12.5. The lowest BCUT2D eigenvalue weighted by Gasteiger charge is -2.26. The highest BCUT2D eigenvalue weighted by Gasteiger charge is 2.25. The van der Waals surface area contributed by atoms with Gasteiger partial charge in [-0.3, -0.25) is 0 Å². The van der Waals surface area contributed by atoms with Crippen LogP contribution in [0.1, 0.15) is 13.8 Å². The van der Waals surface area contributed by atoms with Crippen molar-refractivity contribution in [3.8, 4) is 11.5 Å². The number of benzene rings is 1. The van der Waals surface area contributed by atoms with Crippen molar-refractivity contribution < 1.29 is 22.8 Å².